The summed E-state index contributed by atoms with van der Waals surface area (Å²) in [6.07, 6.45) is 5.16. The zero-order valence-corrected chi connectivity index (χ0v) is 10.9. The van der Waals surface area contributed by atoms with Crippen LogP contribution in [0, 0.1) is 23.7 Å². The van der Waals surface area contributed by atoms with Gasteiger partial charge < -0.3 is 0 Å². The molecule has 1 saturated carbocycles. The van der Waals surface area contributed by atoms with E-state index in [0.717, 1.165) is 6.42 Å². The summed E-state index contributed by atoms with van der Waals surface area (Å²) in [4.78, 5) is 26.4. The van der Waals surface area contributed by atoms with Crippen LogP contribution >= 0.6 is 11.6 Å². The van der Waals surface area contributed by atoms with E-state index in [9.17, 15) is 9.59 Å². The zero-order chi connectivity index (χ0) is 13.1. The molecule has 1 aliphatic heterocycles. The van der Waals surface area contributed by atoms with Crippen LogP contribution in [0.15, 0.2) is 36.4 Å². The lowest BCUT2D eigenvalue weighted by Gasteiger charge is -2.17. The van der Waals surface area contributed by atoms with Gasteiger partial charge in [-0.15, -0.1) is 0 Å². The largest absolute Gasteiger partial charge is 0.274 e. The third kappa shape index (κ3) is 1.39. The van der Waals surface area contributed by atoms with Gasteiger partial charge in [0.15, 0.2) is 0 Å². The Labute approximate surface area is 115 Å². The fraction of sp³-hybridized carbons (Fsp3) is 0.333. The lowest BCUT2D eigenvalue weighted by atomic mass is 9.85. The Morgan fingerprint density at radius 3 is 2.00 bits per heavy atom. The van der Waals surface area contributed by atoms with Gasteiger partial charge in [0.05, 0.1) is 17.5 Å². The molecule has 0 spiro atoms. The van der Waals surface area contributed by atoms with E-state index in [0.29, 0.717) is 10.7 Å². The van der Waals surface area contributed by atoms with Gasteiger partial charge in [0.2, 0.25) is 11.8 Å². The maximum atomic E-state index is 12.5. The van der Waals surface area contributed by atoms with Crippen molar-refractivity contribution >= 4 is 29.1 Å². The minimum atomic E-state index is -0.141. The number of carbonyl (C=O) groups excluding carboxylic acids is 2. The van der Waals surface area contributed by atoms with Crippen molar-refractivity contribution in [2.45, 2.75) is 6.42 Å². The number of allylic oxidation sites excluding steroid dienone is 2. The third-order valence-corrected chi connectivity index (χ3v) is 4.81. The van der Waals surface area contributed by atoms with Crippen LogP contribution in [0.1, 0.15) is 6.42 Å². The second kappa shape index (κ2) is 3.70. The van der Waals surface area contributed by atoms with E-state index in [2.05, 4.69) is 12.2 Å². The Hall–Kier alpha value is -1.61. The molecule has 3 aliphatic rings. The molecule has 1 saturated heterocycles. The molecule has 96 valence electrons. The standard InChI is InChI=1S/C15H12ClNO2/c16-10-3-5-11(6-4-10)17-14(18)12-8-1-2-9(7-8)13(12)15(17)19/h1-6,8-9,12-13H,7H2/t8-,9-,12-,13-/m0/s1. The van der Waals surface area contributed by atoms with Gasteiger partial charge in [-0.1, -0.05) is 23.8 Å². The molecule has 2 fully saturated rings. The van der Waals surface area contributed by atoms with E-state index in [-0.39, 0.29) is 35.5 Å². The Morgan fingerprint density at radius 2 is 1.47 bits per heavy atom. The highest BCUT2D eigenvalue weighted by Crippen LogP contribution is 2.53. The molecular formula is C15H12ClNO2. The number of imide groups is 1. The van der Waals surface area contributed by atoms with Crippen molar-refractivity contribution in [2.75, 3.05) is 4.90 Å². The molecule has 3 nitrogen and oxygen atoms in total. The molecule has 2 bridgehead atoms. The normalized spacial score (nSPS) is 35.3. The molecule has 0 radical (unpaired) electrons. The van der Waals surface area contributed by atoms with Crippen LogP contribution in [0.25, 0.3) is 0 Å². The number of hydrogen-bond donors (Lipinski definition) is 0. The summed E-state index contributed by atoms with van der Waals surface area (Å²) < 4.78 is 0. The molecule has 4 heteroatoms. The molecular weight excluding hydrogens is 262 g/mol. The number of nitrogens with zero attached hydrogens (tertiary/aromatic N) is 1. The number of benzene rings is 1. The summed E-state index contributed by atoms with van der Waals surface area (Å²) in [7, 11) is 0. The van der Waals surface area contributed by atoms with E-state index in [1.807, 2.05) is 0 Å². The highest BCUT2D eigenvalue weighted by molar-refractivity contribution is 6.30. The number of carbonyl (C=O) groups is 2. The fourth-order valence-corrected chi connectivity index (χ4v) is 3.87. The second-order valence-corrected chi connectivity index (χ2v) is 5.92. The minimum absolute atomic E-state index is 0.0471. The van der Waals surface area contributed by atoms with E-state index in [1.165, 1.54) is 4.90 Å². The predicted molar refractivity (Wildman–Crippen MR) is 71.7 cm³/mol. The van der Waals surface area contributed by atoms with Gasteiger partial charge in [-0.25, -0.2) is 0 Å². The second-order valence-electron chi connectivity index (χ2n) is 5.49. The van der Waals surface area contributed by atoms with E-state index >= 15 is 0 Å². The first kappa shape index (κ1) is 11.2. The number of amides is 2. The summed E-state index contributed by atoms with van der Waals surface area (Å²) in [6, 6.07) is 6.87. The Bertz CT molecular complexity index is 577. The summed E-state index contributed by atoms with van der Waals surface area (Å²) in [6.45, 7) is 0. The first-order valence-electron chi connectivity index (χ1n) is 6.48. The molecule has 4 atom stereocenters. The number of hydrogen-bond acceptors (Lipinski definition) is 2. The quantitative estimate of drug-likeness (QED) is 0.583. The lowest BCUT2D eigenvalue weighted by Crippen LogP contribution is -2.32. The summed E-state index contributed by atoms with van der Waals surface area (Å²) >= 11 is 5.84. The van der Waals surface area contributed by atoms with E-state index in [1.54, 1.807) is 24.3 Å². The van der Waals surface area contributed by atoms with Gasteiger partial charge in [-0.3, -0.25) is 14.5 Å². The average molecular weight is 274 g/mol. The SMILES string of the molecule is O=C1[C@@H]2[C@@H](C(=O)N1c1ccc(Cl)cc1)[C@H]1C=C[C@H]2C1. The fourth-order valence-electron chi connectivity index (χ4n) is 3.75. The topological polar surface area (TPSA) is 37.4 Å². The Kier molecular flexibility index (Phi) is 2.19. The van der Waals surface area contributed by atoms with Gasteiger partial charge in [0.25, 0.3) is 0 Å². The maximum absolute atomic E-state index is 12.5. The van der Waals surface area contributed by atoms with Crippen molar-refractivity contribution in [1.29, 1.82) is 0 Å². The van der Waals surface area contributed by atoms with Crippen LogP contribution in [0.3, 0.4) is 0 Å². The molecule has 4 rings (SSSR count). The third-order valence-electron chi connectivity index (χ3n) is 4.56. The Morgan fingerprint density at radius 1 is 0.947 bits per heavy atom. The number of fused-ring (bicyclic) bond motifs is 5. The van der Waals surface area contributed by atoms with Crippen molar-refractivity contribution in [3.8, 4) is 0 Å². The zero-order valence-electron chi connectivity index (χ0n) is 10.1. The number of rotatable bonds is 1. The maximum Gasteiger partial charge on any atom is 0.238 e. The average Bonchev–Trinajstić information content (AvgIpc) is 3.06. The van der Waals surface area contributed by atoms with Crippen molar-refractivity contribution in [3.63, 3.8) is 0 Å². The molecule has 0 aromatic heterocycles. The van der Waals surface area contributed by atoms with Crippen molar-refractivity contribution < 1.29 is 9.59 Å². The summed E-state index contributed by atoms with van der Waals surface area (Å²) in [5.74, 6) is 0.132. The lowest BCUT2D eigenvalue weighted by molar-refractivity contribution is -0.123. The molecule has 1 aromatic carbocycles. The van der Waals surface area contributed by atoms with Gasteiger partial charge in [-0.05, 0) is 42.5 Å². The van der Waals surface area contributed by atoms with Crippen molar-refractivity contribution in [1.82, 2.24) is 0 Å². The Balaban J connectivity index is 1.74. The predicted octanol–water partition coefficient (Wildman–Crippen LogP) is 2.65. The van der Waals surface area contributed by atoms with Crippen molar-refractivity contribution in [2.24, 2.45) is 23.7 Å². The van der Waals surface area contributed by atoms with Crippen LogP contribution in [-0.4, -0.2) is 11.8 Å². The number of halogens is 1. The monoisotopic (exact) mass is 273 g/mol. The van der Waals surface area contributed by atoms with Crippen LogP contribution in [0.4, 0.5) is 5.69 Å². The first-order chi connectivity index (χ1) is 9.16. The molecule has 1 aromatic rings. The molecule has 0 unspecified atom stereocenters. The van der Waals surface area contributed by atoms with Gasteiger partial charge >= 0.3 is 0 Å². The van der Waals surface area contributed by atoms with Crippen LogP contribution < -0.4 is 4.90 Å². The van der Waals surface area contributed by atoms with Crippen LogP contribution in [0.2, 0.25) is 5.02 Å². The highest BCUT2D eigenvalue weighted by atomic mass is 35.5. The number of anilines is 1. The van der Waals surface area contributed by atoms with Gasteiger partial charge in [0, 0.05) is 5.02 Å². The van der Waals surface area contributed by atoms with Gasteiger partial charge in [0.1, 0.15) is 0 Å². The minimum Gasteiger partial charge on any atom is -0.274 e. The molecule has 2 amide bonds. The highest BCUT2D eigenvalue weighted by Gasteiger charge is 2.59. The molecule has 19 heavy (non-hydrogen) atoms. The smallest absolute Gasteiger partial charge is 0.238 e. The first-order valence-corrected chi connectivity index (χ1v) is 6.86. The molecule has 1 heterocycles. The van der Waals surface area contributed by atoms with Crippen LogP contribution in [0.5, 0.6) is 0 Å². The van der Waals surface area contributed by atoms with Crippen LogP contribution in [-0.2, 0) is 9.59 Å². The van der Waals surface area contributed by atoms with E-state index < -0.39 is 0 Å². The molecule has 0 N–H and O–H groups in total. The van der Waals surface area contributed by atoms with Gasteiger partial charge in [-0.2, -0.15) is 0 Å². The molecule has 2 aliphatic carbocycles. The van der Waals surface area contributed by atoms with Crippen molar-refractivity contribution in [3.05, 3.63) is 41.4 Å². The summed E-state index contributed by atoms with van der Waals surface area (Å²) in [5.41, 5.74) is 0.633. The van der Waals surface area contributed by atoms with E-state index in [4.69, 9.17) is 11.6 Å². The summed E-state index contributed by atoms with van der Waals surface area (Å²) in [5, 5.41) is 0.602.